The van der Waals surface area contributed by atoms with Gasteiger partial charge in [-0.15, -0.1) is 0 Å². The fraction of sp³-hybridized carbons (Fsp3) is 0.769. The summed E-state index contributed by atoms with van der Waals surface area (Å²) in [6.45, 7) is 10.7. The summed E-state index contributed by atoms with van der Waals surface area (Å²) in [6, 6.07) is 0. The van der Waals surface area contributed by atoms with E-state index in [1.54, 1.807) is 0 Å². The molecule has 0 aromatic carbocycles. The fourth-order valence-electron chi connectivity index (χ4n) is 1.61. The Hall–Kier alpha value is -0.790. The van der Waals surface area contributed by atoms with Gasteiger partial charge in [0.05, 0.1) is 6.61 Å². The van der Waals surface area contributed by atoms with Crippen LogP contribution in [0.1, 0.15) is 47.5 Å². The molecule has 0 amide bonds. The predicted octanol–water partition coefficient (Wildman–Crippen LogP) is 3.57. The highest BCUT2D eigenvalue weighted by atomic mass is 16.5. The first-order valence-corrected chi connectivity index (χ1v) is 5.86. The zero-order valence-corrected chi connectivity index (χ0v) is 10.7. The predicted molar refractivity (Wildman–Crippen MR) is 63.6 cm³/mol. The zero-order valence-electron chi connectivity index (χ0n) is 10.7. The molecule has 0 N–H and O–H groups in total. The Labute approximate surface area is 93.7 Å². The summed E-state index contributed by atoms with van der Waals surface area (Å²) >= 11 is 0. The van der Waals surface area contributed by atoms with Crippen LogP contribution in [0.2, 0.25) is 0 Å². The summed E-state index contributed by atoms with van der Waals surface area (Å²) in [5.74, 6) is 0.976. The topological polar surface area (TPSA) is 26.3 Å². The van der Waals surface area contributed by atoms with Crippen molar-refractivity contribution in [3.8, 4) is 0 Å². The van der Waals surface area contributed by atoms with E-state index in [2.05, 4.69) is 20.8 Å². The van der Waals surface area contributed by atoms with Gasteiger partial charge in [0.1, 0.15) is 0 Å². The molecule has 2 atom stereocenters. The third kappa shape index (κ3) is 6.32. The van der Waals surface area contributed by atoms with Gasteiger partial charge in [-0.1, -0.05) is 33.3 Å². The first-order valence-electron chi connectivity index (χ1n) is 5.86. The van der Waals surface area contributed by atoms with Gasteiger partial charge in [0.2, 0.25) is 0 Å². The second-order valence-electron chi connectivity index (χ2n) is 4.30. The molecule has 0 rings (SSSR count). The van der Waals surface area contributed by atoms with Crippen LogP contribution in [0.3, 0.4) is 0 Å². The van der Waals surface area contributed by atoms with Gasteiger partial charge >= 0.3 is 5.97 Å². The standard InChI is InChI=1S/C13H24O2/c1-6-10(3)8-11(4)9-12(5)13(14)15-7-2/h9-11H,6-8H2,1-5H3/b12-9+/t10-,11-/m0/s1. The number of hydrogen-bond acceptors (Lipinski definition) is 2. The van der Waals surface area contributed by atoms with E-state index in [4.69, 9.17) is 4.74 Å². The Bertz CT molecular complexity index is 219. The second-order valence-corrected chi connectivity index (χ2v) is 4.30. The molecule has 2 heteroatoms. The summed E-state index contributed by atoms with van der Waals surface area (Å²) in [7, 11) is 0. The van der Waals surface area contributed by atoms with Gasteiger partial charge in [-0.2, -0.15) is 0 Å². The van der Waals surface area contributed by atoms with E-state index in [-0.39, 0.29) is 5.97 Å². The number of hydrogen-bond donors (Lipinski definition) is 0. The summed E-state index contributed by atoms with van der Waals surface area (Å²) in [4.78, 5) is 11.3. The van der Waals surface area contributed by atoms with Crippen molar-refractivity contribution >= 4 is 5.97 Å². The molecule has 0 saturated heterocycles. The lowest BCUT2D eigenvalue weighted by atomic mass is 9.94. The second kappa shape index (κ2) is 7.49. The minimum atomic E-state index is -0.187. The monoisotopic (exact) mass is 212 g/mol. The zero-order chi connectivity index (χ0) is 11.8. The number of carbonyl (C=O) groups excluding carboxylic acids is 1. The highest BCUT2D eigenvalue weighted by molar-refractivity contribution is 5.87. The first-order chi connectivity index (χ1) is 7.01. The molecular formula is C13H24O2. The maximum absolute atomic E-state index is 11.3. The van der Waals surface area contributed by atoms with Gasteiger partial charge in [0, 0.05) is 5.57 Å². The van der Waals surface area contributed by atoms with Crippen molar-refractivity contribution in [1.82, 2.24) is 0 Å². The lowest BCUT2D eigenvalue weighted by Crippen LogP contribution is -2.07. The van der Waals surface area contributed by atoms with Crippen molar-refractivity contribution in [2.75, 3.05) is 6.61 Å². The summed E-state index contributed by atoms with van der Waals surface area (Å²) in [5, 5.41) is 0. The molecule has 15 heavy (non-hydrogen) atoms. The smallest absolute Gasteiger partial charge is 0.333 e. The maximum Gasteiger partial charge on any atom is 0.333 e. The molecule has 0 aromatic heterocycles. The molecule has 0 aromatic rings. The first kappa shape index (κ1) is 14.2. The Morgan fingerprint density at radius 1 is 1.33 bits per heavy atom. The van der Waals surface area contributed by atoms with Gasteiger partial charge in [-0.3, -0.25) is 0 Å². The Kier molecular flexibility index (Phi) is 7.10. The quantitative estimate of drug-likeness (QED) is 0.497. The molecule has 2 nitrogen and oxygen atoms in total. The molecule has 88 valence electrons. The highest BCUT2D eigenvalue weighted by Crippen LogP contribution is 2.17. The van der Waals surface area contributed by atoms with Crippen molar-refractivity contribution in [2.45, 2.75) is 47.5 Å². The van der Waals surface area contributed by atoms with Crippen LogP contribution < -0.4 is 0 Å². The average molecular weight is 212 g/mol. The maximum atomic E-state index is 11.3. The van der Waals surface area contributed by atoms with E-state index in [9.17, 15) is 4.79 Å². The number of carbonyl (C=O) groups is 1. The van der Waals surface area contributed by atoms with Crippen molar-refractivity contribution in [2.24, 2.45) is 11.8 Å². The molecule has 0 saturated carbocycles. The van der Waals surface area contributed by atoms with Gasteiger partial charge < -0.3 is 4.74 Å². The van der Waals surface area contributed by atoms with Crippen LogP contribution in [0, 0.1) is 11.8 Å². The molecule has 0 spiro atoms. The van der Waals surface area contributed by atoms with Crippen LogP contribution in [0.25, 0.3) is 0 Å². The SMILES string of the molecule is CCOC(=O)/C(C)=C/[C@@H](C)C[C@@H](C)CC. The van der Waals surface area contributed by atoms with Crippen molar-refractivity contribution in [3.05, 3.63) is 11.6 Å². The van der Waals surface area contributed by atoms with E-state index in [0.717, 1.165) is 12.0 Å². The van der Waals surface area contributed by atoms with Crippen molar-refractivity contribution in [3.63, 3.8) is 0 Å². The molecule has 0 heterocycles. The molecule has 0 aliphatic heterocycles. The number of esters is 1. The van der Waals surface area contributed by atoms with E-state index < -0.39 is 0 Å². The van der Waals surface area contributed by atoms with Gasteiger partial charge in [0.25, 0.3) is 0 Å². The number of ether oxygens (including phenoxy) is 1. The summed E-state index contributed by atoms with van der Waals surface area (Å²) in [5.41, 5.74) is 0.729. The lowest BCUT2D eigenvalue weighted by molar-refractivity contribution is -0.138. The lowest BCUT2D eigenvalue weighted by Gasteiger charge is -2.13. The molecule has 0 fully saturated rings. The average Bonchev–Trinajstić information content (AvgIpc) is 2.17. The minimum Gasteiger partial charge on any atom is -0.463 e. The van der Waals surface area contributed by atoms with Crippen LogP contribution in [0.4, 0.5) is 0 Å². The van der Waals surface area contributed by atoms with Crippen LogP contribution in [0.5, 0.6) is 0 Å². The molecule has 0 aliphatic carbocycles. The van der Waals surface area contributed by atoms with Crippen LogP contribution in [0.15, 0.2) is 11.6 Å². The van der Waals surface area contributed by atoms with Crippen LogP contribution in [-0.2, 0) is 9.53 Å². The number of allylic oxidation sites excluding steroid dienone is 1. The highest BCUT2D eigenvalue weighted by Gasteiger charge is 2.09. The summed E-state index contributed by atoms with van der Waals surface area (Å²) in [6.07, 6.45) is 4.34. The van der Waals surface area contributed by atoms with Crippen molar-refractivity contribution < 1.29 is 9.53 Å². The largest absolute Gasteiger partial charge is 0.463 e. The molecule has 0 radical (unpaired) electrons. The van der Waals surface area contributed by atoms with Gasteiger partial charge in [0.15, 0.2) is 0 Å². The Morgan fingerprint density at radius 3 is 2.40 bits per heavy atom. The molecular weight excluding hydrogens is 188 g/mol. The van der Waals surface area contributed by atoms with E-state index in [0.29, 0.717) is 18.4 Å². The van der Waals surface area contributed by atoms with Crippen LogP contribution >= 0.6 is 0 Å². The van der Waals surface area contributed by atoms with Gasteiger partial charge in [-0.25, -0.2) is 4.79 Å². The molecule has 0 unspecified atom stereocenters. The van der Waals surface area contributed by atoms with Crippen LogP contribution in [-0.4, -0.2) is 12.6 Å². The fourth-order valence-corrected chi connectivity index (χ4v) is 1.61. The minimum absolute atomic E-state index is 0.187. The molecule has 0 bridgehead atoms. The van der Waals surface area contributed by atoms with E-state index in [1.165, 1.54) is 6.42 Å². The van der Waals surface area contributed by atoms with E-state index >= 15 is 0 Å². The molecule has 0 aliphatic rings. The third-order valence-corrected chi connectivity index (χ3v) is 2.60. The summed E-state index contributed by atoms with van der Waals surface area (Å²) < 4.78 is 4.93. The van der Waals surface area contributed by atoms with Gasteiger partial charge in [-0.05, 0) is 32.1 Å². The van der Waals surface area contributed by atoms with Crippen molar-refractivity contribution in [1.29, 1.82) is 0 Å². The normalized spacial score (nSPS) is 15.9. The number of rotatable bonds is 6. The van der Waals surface area contributed by atoms with E-state index in [1.807, 2.05) is 19.9 Å². The Morgan fingerprint density at radius 2 is 1.93 bits per heavy atom. The third-order valence-electron chi connectivity index (χ3n) is 2.60. The Balaban J connectivity index is 4.16.